The van der Waals surface area contributed by atoms with Gasteiger partial charge in [-0.05, 0) is 64.6 Å². The maximum Gasteiger partial charge on any atom is 0.164 e. The molecule has 0 aromatic rings. The van der Waals surface area contributed by atoms with Crippen LogP contribution in [0.2, 0.25) is 0 Å². The molecule has 17 heavy (non-hydrogen) atoms. The molecule has 0 aromatic heterocycles. The number of hydrogen-bond acceptors (Lipinski definition) is 2. The third-order valence-electron chi connectivity index (χ3n) is 2.64. The molecule has 96 valence electrons. The van der Waals surface area contributed by atoms with Crippen molar-refractivity contribution in [1.29, 1.82) is 0 Å². The van der Waals surface area contributed by atoms with Crippen molar-refractivity contribution < 1.29 is 9.47 Å². The summed E-state index contributed by atoms with van der Waals surface area (Å²) in [4.78, 5) is 0. The molecule has 0 unspecified atom stereocenters. The van der Waals surface area contributed by atoms with Crippen LogP contribution in [-0.2, 0) is 9.47 Å². The van der Waals surface area contributed by atoms with Crippen LogP contribution in [0.25, 0.3) is 0 Å². The van der Waals surface area contributed by atoms with Crippen LogP contribution in [0.5, 0.6) is 0 Å². The zero-order valence-electron chi connectivity index (χ0n) is 10.2. The van der Waals surface area contributed by atoms with E-state index in [1.165, 1.54) is 0 Å². The SMILES string of the molecule is C=CCC1(CC=C)OC(C)(C)O[C@@H]1C=C(Br)Br. The molecule has 2 nitrogen and oxygen atoms in total. The lowest BCUT2D eigenvalue weighted by atomic mass is 9.89. The van der Waals surface area contributed by atoms with Crippen molar-refractivity contribution >= 4 is 31.9 Å². The fourth-order valence-electron chi connectivity index (χ4n) is 2.17. The van der Waals surface area contributed by atoms with Crippen molar-refractivity contribution in [1.82, 2.24) is 0 Å². The maximum absolute atomic E-state index is 6.08. The Labute approximate surface area is 120 Å². The van der Waals surface area contributed by atoms with E-state index in [-0.39, 0.29) is 6.10 Å². The van der Waals surface area contributed by atoms with Crippen LogP contribution < -0.4 is 0 Å². The monoisotopic (exact) mass is 364 g/mol. The van der Waals surface area contributed by atoms with Crippen LogP contribution in [0.4, 0.5) is 0 Å². The quantitative estimate of drug-likeness (QED) is 0.659. The summed E-state index contributed by atoms with van der Waals surface area (Å²) in [5.74, 6) is -0.595. The summed E-state index contributed by atoms with van der Waals surface area (Å²) in [5, 5.41) is 0. The molecule has 0 radical (unpaired) electrons. The third kappa shape index (κ3) is 3.78. The standard InChI is InChI=1S/C13H18Br2O2/c1-5-7-13(8-6-2)10(9-11(14)15)16-12(3,4)17-13/h5-6,9-10H,1-2,7-8H2,3-4H3/t10-/m1/s1. The fraction of sp³-hybridized carbons (Fsp3) is 0.538. The van der Waals surface area contributed by atoms with E-state index in [9.17, 15) is 0 Å². The molecular weight excluding hydrogens is 348 g/mol. The van der Waals surface area contributed by atoms with Crippen molar-refractivity contribution in [3.8, 4) is 0 Å². The van der Waals surface area contributed by atoms with Crippen molar-refractivity contribution in [3.05, 3.63) is 34.8 Å². The van der Waals surface area contributed by atoms with E-state index in [1.54, 1.807) is 0 Å². The van der Waals surface area contributed by atoms with Gasteiger partial charge in [0.2, 0.25) is 0 Å². The summed E-state index contributed by atoms with van der Waals surface area (Å²) in [5.41, 5.74) is -0.417. The number of halogens is 2. The molecule has 1 heterocycles. The lowest BCUT2D eigenvalue weighted by Crippen LogP contribution is -2.38. The Kier molecular flexibility index (Phi) is 5.20. The smallest absolute Gasteiger partial charge is 0.164 e. The fourth-order valence-corrected chi connectivity index (χ4v) is 2.65. The molecule has 0 amide bonds. The maximum atomic E-state index is 6.08. The zero-order valence-corrected chi connectivity index (χ0v) is 13.4. The van der Waals surface area contributed by atoms with E-state index in [1.807, 2.05) is 32.1 Å². The molecule has 1 atom stereocenters. The highest BCUT2D eigenvalue weighted by molar-refractivity contribution is 9.28. The van der Waals surface area contributed by atoms with Gasteiger partial charge in [-0.25, -0.2) is 0 Å². The first kappa shape index (κ1) is 15.2. The minimum Gasteiger partial charge on any atom is -0.340 e. The summed E-state index contributed by atoms with van der Waals surface area (Å²) in [6, 6.07) is 0. The second kappa shape index (κ2) is 5.83. The first-order valence-electron chi connectivity index (χ1n) is 5.48. The molecule has 1 fully saturated rings. The van der Waals surface area contributed by atoms with Gasteiger partial charge >= 0.3 is 0 Å². The molecule has 1 rings (SSSR count). The minimum absolute atomic E-state index is 0.137. The summed E-state index contributed by atoms with van der Waals surface area (Å²) >= 11 is 6.73. The first-order chi connectivity index (χ1) is 7.85. The van der Waals surface area contributed by atoms with Gasteiger partial charge in [0.1, 0.15) is 11.7 Å². The van der Waals surface area contributed by atoms with Crippen LogP contribution in [0, 0.1) is 0 Å². The van der Waals surface area contributed by atoms with E-state index < -0.39 is 11.4 Å². The Balaban J connectivity index is 3.08. The van der Waals surface area contributed by atoms with Crippen molar-refractivity contribution in [2.24, 2.45) is 0 Å². The predicted molar refractivity (Wildman–Crippen MR) is 78.3 cm³/mol. The number of hydrogen-bond donors (Lipinski definition) is 0. The highest BCUT2D eigenvalue weighted by Crippen LogP contribution is 2.43. The third-order valence-corrected chi connectivity index (χ3v) is 3.16. The second-order valence-corrected chi connectivity index (χ2v) is 7.32. The molecule has 0 spiro atoms. The topological polar surface area (TPSA) is 18.5 Å². The van der Waals surface area contributed by atoms with Gasteiger partial charge in [-0.2, -0.15) is 0 Å². The lowest BCUT2D eigenvalue weighted by molar-refractivity contribution is -0.161. The first-order valence-corrected chi connectivity index (χ1v) is 7.06. The molecule has 0 bridgehead atoms. The lowest BCUT2D eigenvalue weighted by Gasteiger charge is -2.30. The average molecular weight is 366 g/mol. The van der Waals surface area contributed by atoms with Crippen LogP contribution >= 0.6 is 31.9 Å². The summed E-state index contributed by atoms with van der Waals surface area (Å²) in [7, 11) is 0. The largest absolute Gasteiger partial charge is 0.340 e. The Morgan fingerprint density at radius 1 is 1.24 bits per heavy atom. The molecule has 0 aliphatic carbocycles. The van der Waals surface area contributed by atoms with Gasteiger partial charge in [0.05, 0.1) is 3.39 Å². The highest BCUT2D eigenvalue weighted by atomic mass is 79.9. The Bertz CT molecular complexity index is 320. The van der Waals surface area contributed by atoms with E-state index in [0.29, 0.717) is 0 Å². The van der Waals surface area contributed by atoms with Gasteiger partial charge < -0.3 is 9.47 Å². The van der Waals surface area contributed by atoms with Crippen LogP contribution in [0.15, 0.2) is 34.8 Å². The summed E-state index contributed by atoms with van der Waals surface area (Å²) in [6.45, 7) is 11.4. The van der Waals surface area contributed by atoms with Gasteiger partial charge in [0, 0.05) is 0 Å². The van der Waals surface area contributed by atoms with Crippen LogP contribution in [0.3, 0.4) is 0 Å². The molecule has 1 aliphatic rings. The molecule has 0 aromatic carbocycles. The minimum atomic E-state index is -0.595. The Hall–Kier alpha value is 0.1000. The van der Waals surface area contributed by atoms with E-state index in [4.69, 9.17) is 9.47 Å². The predicted octanol–water partition coefficient (Wildman–Crippen LogP) is 4.66. The van der Waals surface area contributed by atoms with E-state index in [0.717, 1.165) is 16.2 Å². The molecule has 4 heteroatoms. The van der Waals surface area contributed by atoms with Gasteiger partial charge in [-0.3, -0.25) is 0 Å². The van der Waals surface area contributed by atoms with Crippen molar-refractivity contribution in [2.45, 2.75) is 44.2 Å². The Morgan fingerprint density at radius 2 is 1.76 bits per heavy atom. The second-order valence-electron chi connectivity index (χ2n) is 4.55. The molecule has 0 saturated carbocycles. The van der Waals surface area contributed by atoms with Crippen molar-refractivity contribution in [3.63, 3.8) is 0 Å². The molecule has 0 N–H and O–H groups in total. The average Bonchev–Trinajstić information content (AvgIpc) is 2.37. The highest BCUT2D eigenvalue weighted by Gasteiger charge is 2.50. The Morgan fingerprint density at radius 3 is 2.18 bits per heavy atom. The van der Waals surface area contributed by atoms with Gasteiger partial charge in [-0.1, -0.05) is 12.2 Å². The number of ether oxygens (including phenoxy) is 2. The van der Waals surface area contributed by atoms with E-state index >= 15 is 0 Å². The van der Waals surface area contributed by atoms with E-state index in [2.05, 4.69) is 45.0 Å². The van der Waals surface area contributed by atoms with Gasteiger partial charge in [-0.15, -0.1) is 13.2 Å². The normalized spacial score (nSPS) is 25.3. The van der Waals surface area contributed by atoms with Crippen molar-refractivity contribution in [2.75, 3.05) is 0 Å². The van der Waals surface area contributed by atoms with Crippen LogP contribution in [0.1, 0.15) is 26.7 Å². The summed E-state index contributed by atoms with van der Waals surface area (Å²) < 4.78 is 12.9. The molecule has 1 saturated heterocycles. The van der Waals surface area contributed by atoms with Gasteiger partial charge in [0.15, 0.2) is 5.79 Å². The van der Waals surface area contributed by atoms with Gasteiger partial charge in [0.25, 0.3) is 0 Å². The molecular formula is C13H18Br2O2. The number of rotatable bonds is 5. The summed E-state index contributed by atoms with van der Waals surface area (Å²) in [6.07, 6.45) is 6.98. The van der Waals surface area contributed by atoms with Crippen LogP contribution in [-0.4, -0.2) is 17.5 Å². The zero-order chi connectivity index (χ0) is 13.1. The molecule has 1 aliphatic heterocycles.